The third-order valence-electron chi connectivity index (χ3n) is 7.32. The fraction of sp³-hybridized carbons (Fsp3) is 0.433. The smallest absolute Gasteiger partial charge is 0.328 e. The van der Waals surface area contributed by atoms with Crippen LogP contribution in [-0.2, 0) is 29.3 Å². The SMILES string of the molecule is CCOC(=O)C1(c2ccccc2)CC[NH+](CC(c2ccccc2)N2CCOCC2)CC1.O=C([O-])/C=C\C(=O)O. The maximum absolute atomic E-state index is 13.1. The highest BCUT2D eigenvalue weighted by Gasteiger charge is 2.46. The molecule has 0 bridgehead atoms. The zero-order chi connectivity index (χ0) is 28.1. The van der Waals surface area contributed by atoms with E-state index in [0.29, 0.717) is 24.8 Å². The molecule has 0 saturated carbocycles. The normalized spacial score (nSPS) is 22.3. The standard InChI is InChI=1S/C26H34N2O3.C4H4O4/c1-2-31-25(29)26(23-11-7-4-8-12-23)13-15-27(16-14-26)21-24(22-9-5-3-6-10-22)28-17-19-30-20-18-28;5-3(6)1-2-4(7)8/h3-12,24H,2,13-21H2,1H3;1-2H,(H,5,6)(H,7,8)/b;2-1-. The second kappa shape index (κ2) is 15.2. The first kappa shape index (κ1) is 30.0. The van der Waals surface area contributed by atoms with Gasteiger partial charge in [0.05, 0.1) is 51.5 Å². The Morgan fingerprint density at radius 2 is 1.62 bits per heavy atom. The van der Waals surface area contributed by atoms with Crippen molar-refractivity contribution < 1.29 is 39.0 Å². The third kappa shape index (κ3) is 8.74. The highest BCUT2D eigenvalue weighted by atomic mass is 16.5. The zero-order valence-corrected chi connectivity index (χ0v) is 22.4. The molecule has 2 aliphatic rings. The van der Waals surface area contributed by atoms with Gasteiger partial charge in [-0.1, -0.05) is 60.7 Å². The van der Waals surface area contributed by atoms with E-state index >= 15 is 0 Å². The number of hydrogen-bond donors (Lipinski definition) is 2. The first-order chi connectivity index (χ1) is 18.9. The van der Waals surface area contributed by atoms with Crippen LogP contribution in [0.5, 0.6) is 0 Å². The molecule has 0 spiro atoms. The highest BCUT2D eigenvalue weighted by molar-refractivity contribution is 5.88. The van der Waals surface area contributed by atoms with Crippen molar-refractivity contribution in [2.24, 2.45) is 0 Å². The van der Waals surface area contributed by atoms with E-state index in [0.717, 1.165) is 64.3 Å². The van der Waals surface area contributed by atoms with Crippen LogP contribution < -0.4 is 10.0 Å². The van der Waals surface area contributed by atoms with Crippen molar-refractivity contribution in [1.82, 2.24) is 4.90 Å². The van der Waals surface area contributed by atoms with E-state index in [2.05, 4.69) is 47.4 Å². The van der Waals surface area contributed by atoms with Gasteiger partial charge in [0.1, 0.15) is 5.41 Å². The number of likely N-dealkylation sites (tertiary alicyclic amines) is 1. The van der Waals surface area contributed by atoms with Gasteiger partial charge in [0.25, 0.3) is 0 Å². The van der Waals surface area contributed by atoms with E-state index in [1.54, 1.807) is 4.90 Å². The molecule has 2 heterocycles. The number of ether oxygens (including phenoxy) is 2. The van der Waals surface area contributed by atoms with Gasteiger partial charge in [-0.25, -0.2) is 4.79 Å². The molecule has 39 heavy (non-hydrogen) atoms. The molecule has 1 unspecified atom stereocenters. The quantitative estimate of drug-likeness (QED) is 0.352. The molecule has 9 nitrogen and oxygen atoms in total. The maximum atomic E-state index is 13.1. The fourth-order valence-electron chi connectivity index (χ4n) is 5.31. The minimum Gasteiger partial charge on any atom is -0.545 e. The van der Waals surface area contributed by atoms with Gasteiger partial charge in [-0.15, -0.1) is 0 Å². The Hall–Kier alpha value is -3.53. The minimum atomic E-state index is -1.51. The largest absolute Gasteiger partial charge is 0.545 e. The molecule has 4 rings (SSSR count). The van der Waals surface area contributed by atoms with E-state index in [1.807, 2.05) is 25.1 Å². The van der Waals surface area contributed by atoms with Crippen LogP contribution in [0.15, 0.2) is 72.8 Å². The van der Waals surface area contributed by atoms with E-state index in [4.69, 9.17) is 14.6 Å². The van der Waals surface area contributed by atoms with Crippen LogP contribution in [0.1, 0.15) is 36.9 Å². The van der Waals surface area contributed by atoms with Gasteiger partial charge in [0.2, 0.25) is 0 Å². The maximum Gasteiger partial charge on any atom is 0.328 e. The van der Waals surface area contributed by atoms with Crippen molar-refractivity contribution in [3.8, 4) is 0 Å². The number of carbonyl (C=O) groups is 3. The summed E-state index contributed by atoms with van der Waals surface area (Å²) in [6.07, 6.45) is 2.60. The molecule has 2 saturated heterocycles. The van der Waals surface area contributed by atoms with Gasteiger partial charge in [-0.2, -0.15) is 0 Å². The molecule has 0 aliphatic carbocycles. The van der Waals surface area contributed by atoms with Crippen molar-refractivity contribution >= 4 is 17.9 Å². The predicted molar refractivity (Wildman–Crippen MR) is 143 cm³/mol. The summed E-state index contributed by atoms with van der Waals surface area (Å²) in [7, 11) is 0. The van der Waals surface area contributed by atoms with Gasteiger partial charge < -0.3 is 29.4 Å². The average Bonchev–Trinajstić information content (AvgIpc) is 2.97. The lowest BCUT2D eigenvalue weighted by Crippen LogP contribution is -3.14. The van der Waals surface area contributed by atoms with Crippen LogP contribution in [0.25, 0.3) is 0 Å². The fourth-order valence-corrected chi connectivity index (χ4v) is 5.31. The minimum absolute atomic E-state index is 0.0620. The van der Waals surface area contributed by atoms with Crippen molar-refractivity contribution in [1.29, 1.82) is 0 Å². The molecular formula is C30H38N2O7. The molecule has 2 aliphatic heterocycles. The number of aliphatic carboxylic acids is 2. The molecule has 2 aromatic carbocycles. The molecule has 9 heteroatoms. The molecular weight excluding hydrogens is 500 g/mol. The Labute approximate surface area is 229 Å². The number of morpholine rings is 1. The number of hydrogen-bond acceptors (Lipinski definition) is 7. The summed E-state index contributed by atoms with van der Waals surface area (Å²) in [6, 6.07) is 21.5. The van der Waals surface area contributed by atoms with Gasteiger partial charge in [-0.3, -0.25) is 9.69 Å². The Kier molecular flexibility index (Phi) is 11.7. The van der Waals surface area contributed by atoms with E-state index < -0.39 is 17.4 Å². The Morgan fingerprint density at radius 3 is 2.13 bits per heavy atom. The molecule has 0 radical (unpaired) electrons. The van der Waals surface area contributed by atoms with Crippen LogP contribution in [0.2, 0.25) is 0 Å². The lowest BCUT2D eigenvalue weighted by molar-refractivity contribution is -0.908. The lowest BCUT2D eigenvalue weighted by Gasteiger charge is -2.41. The number of carboxylic acid groups (broad SMARTS) is 2. The van der Waals surface area contributed by atoms with Gasteiger partial charge >= 0.3 is 11.9 Å². The molecule has 0 aromatic heterocycles. The summed E-state index contributed by atoms with van der Waals surface area (Å²) in [4.78, 5) is 36.2. The van der Waals surface area contributed by atoms with Crippen LogP contribution >= 0.6 is 0 Å². The summed E-state index contributed by atoms with van der Waals surface area (Å²) in [6.45, 7) is 8.88. The first-order valence-corrected chi connectivity index (χ1v) is 13.4. The molecule has 2 aromatic rings. The topological polar surface area (TPSA) is 121 Å². The summed E-state index contributed by atoms with van der Waals surface area (Å²) >= 11 is 0. The van der Waals surface area contributed by atoms with Gasteiger partial charge in [-0.05, 0) is 24.1 Å². The van der Waals surface area contributed by atoms with Crippen LogP contribution in [0, 0.1) is 0 Å². The van der Waals surface area contributed by atoms with Gasteiger partial charge in [0.15, 0.2) is 0 Å². The van der Waals surface area contributed by atoms with E-state index in [-0.39, 0.29) is 5.97 Å². The summed E-state index contributed by atoms with van der Waals surface area (Å²) in [5.74, 6) is -2.87. The molecule has 1 atom stereocenters. The first-order valence-electron chi connectivity index (χ1n) is 13.4. The van der Waals surface area contributed by atoms with Crippen molar-refractivity contribution in [2.45, 2.75) is 31.2 Å². The zero-order valence-electron chi connectivity index (χ0n) is 22.4. The summed E-state index contributed by atoms with van der Waals surface area (Å²) in [5, 5.41) is 17.2. The number of nitrogens with zero attached hydrogens (tertiary/aromatic N) is 1. The molecule has 0 amide bonds. The Bertz CT molecular complexity index is 1060. The molecule has 2 N–H and O–H groups in total. The van der Waals surface area contributed by atoms with Crippen LogP contribution in [0.3, 0.4) is 0 Å². The number of rotatable bonds is 9. The van der Waals surface area contributed by atoms with Crippen molar-refractivity contribution in [3.63, 3.8) is 0 Å². The van der Waals surface area contributed by atoms with Crippen LogP contribution in [-0.4, -0.2) is 80.5 Å². The monoisotopic (exact) mass is 538 g/mol. The van der Waals surface area contributed by atoms with E-state index in [1.165, 1.54) is 5.56 Å². The number of esters is 1. The molecule has 2 fully saturated rings. The lowest BCUT2D eigenvalue weighted by atomic mass is 9.72. The number of carbonyl (C=O) groups excluding carboxylic acids is 2. The van der Waals surface area contributed by atoms with Gasteiger partial charge in [0, 0.05) is 32.0 Å². The number of carboxylic acids is 2. The number of benzene rings is 2. The summed E-state index contributed by atoms with van der Waals surface area (Å²) in [5.41, 5.74) is 1.96. The number of piperidine rings is 1. The van der Waals surface area contributed by atoms with Crippen molar-refractivity contribution in [2.75, 3.05) is 52.5 Å². The number of nitrogens with one attached hydrogen (secondary N) is 1. The van der Waals surface area contributed by atoms with Crippen molar-refractivity contribution in [3.05, 3.63) is 83.9 Å². The third-order valence-corrected chi connectivity index (χ3v) is 7.32. The Morgan fingerprint density at radius 1 is 1.03 bits per heavy atom. The predicted octanol–water partition coefficient (Wildman–Crippen LogP) is 0.617. The summed E-state index contributed by atoms with van der Waals surface area (Å²) < 4.78 is 11.2. The number of quaternary nitrogens is 1. The second-order valence-electron chi connectivity index (χ2n) is 9.69. The highest BCUT2D eigenvalue weighted by Crippen LogP contribution is 2.34. The Balaban J connectivity index is 0.000000459. The average molecular weight is 539 g/mol. The van der Waals surface area contributed by atoms with Crippen LogP contribution in [0.4, 0.5) is 0 Å². The van der Waals surface area contributed by atoms with E-state index in [9.17, 15) is 19.5 Å². The molecule has 210 valence electrons. The second-order valence-corrected chi connectivity index (χ2v) is 9.69.